The molecule has 13 heavy (non-hydrogen) atoms. The quantitative estimate of drug-likeness (QED) is 0.593. The molecule has 4 nitrogen and oxygen atoms in total. The van der Waals surface area contributed by atoms with Crippen molar-refractivity contribution in [3.63, 3.8) is 0 Å². The molecular formula is C9H17N3O. The number of hydrogen-bond acceptors (Lipinski definition) is 3. The fraction of sp³-hybridized carbons (Fsp3) is 0.889. The van der Waals surface area contributed by atoms with E-state index in [2.05, 4.69) is 24.1 Å². The van der Waals surface area contributed by atoms with Crippen molar-refractivity contribution >= 4 is 5.91 Å². The zero-order valence-electron chi connectivity index (χ0n) is 8.29. The van der Waals surface area contributed by atoms with Crippen molar-refractivity contribution in [2.24, 2.45) is 0 Å². The van der Waals surface area contributed by atoms with Crippen molar-refractivity contribution < 1.29 is 4.79 Å². The van der Waals surface area contributed by atoms with E-state index in [-0.39, 0.29) is 6.04 Å². The van der Waals surface area contributed by atoms with Gasteiger partial charge in [0.25, 0.3) is 0 Å². The first-order chi connectivity index (χ1) is 6.20. The molecule has 2 rings (SSSR count). The molecule has 0 aliphatic carbocycles. The maximum absolute atomic E-state index is 11.9. The van der Waals surface area contributed by atoms with Crippen LogP contribution in [0.2, 0.25) is 0 Å². The van der Waals surface area contributed by atoms with E-state index >= 15 is 0 Å². The molecule has 0 aromatic carbocycles. The fourth-order valence-electron chi connectivity index (χ4n) is 2.11. The van der Waals surface area contributed by atoms with Gasteiger partial charge in [0, 0.05) is 32.3 Å². The van der Waals surface area contributed by atoms with Crippen LogP contribution in [-0.4, -0.2) is 54.1 Å². The summed E-state index contributed by atoms with van der Waals surface area (Å²) in [5.74, 6) is 0.297. The Morgan fingerprint density at radius 2 is 2.23 bits per heavy atom. The SMILES string of the molecule is CC(C)N1CCN2CNCC2C1=O. The van der Waals surface area contributed by atoms with Crippen LogP contribution in [0, 0.1) is 0 Å². The van der Waals surface area contributed by atoms with Crippen LogP contribution >= 0.6 is 0 Å². The van der Waals surface area contributed by atoms with Crippen LogP contribution in [0.4, 0.5) is 0 Å². The zero-order chi connectivity index (χ0) is 9.42. The van der Waals surface area contributed by atoms with Gasteiger partial charge >= 0.3 is 0 Å². The average Bonchev–Trinajstić information content (AvgIpc) is 2.52. The first-order valence-electron chi connectivity index (χ1n) is 4.95. The van der Waals surface area contributed by atoms with Crippen LogP contribution in [-0.2, 0) is 4.79 Å². The summed E-state index contributed by atoms with van der Waals surface area (Å²) in [5, 5.41) is 3.23. The number of amides is 1. The summed E-state index contributed by atoms with van der Waals surface area (Å²) < 4.78 is 0. The van der Waals surface area contributed by atoms with Crippen molar-refractivity contribution in [2.45, 2.75) is 25.9 Å². The van der Waals surface area contributed by atoms with Gasteiger partial charge in [-0.15, -0.1) is 0 Å². The Morgan fingerprint density at radius 1 is 1.46 bits per heavy atom. The molecule has 1 amide bonds. The third-order valence-corrected chi connectivity index (χ3v) is 2.91. The van der Waals surface area contributed by atoms with Gasteiger partial charge in [-0.3, -0.25) is 9.69 Å². The largest absolute Gasteiger partial charge is 0.338 e. The third kappa shape index (κ3) is 1.44. The van der Waals surface area contributed by atoms with E-state index < -0.39 is 0 Å². The van der Waals surface area contributed by atoms with E-state index in [9.17, 15) is 4.79 Å². The second-order valence-electron chi connectivity index (χ2n) is 4.07. The molecule has 2 aliphatic heterocycles. The highest BCUT2D eigenvalue weighted by Crippen LogP contribution is 2.15. The fourth-order valence-corrected chi connectivity index (χ4v) is 2.11. The lowest BCUT2D eigenvalue weighted by Crippen LogP contribution is -2.57. The Morgan fingerprint density at radius 3 is 2.92 bits per heavy atom. The Bertz CT molecular complexity index is 213. The topological polar surface area (TPSA) is 35.6 Å². The number of piperazine rings is 1. The minimum atomic E-state index is 0.108. The molecule has 2 fully saturated rings. The molecule has 4 heteroatoms. The van der Waals surface area contributed by atoms with Crippen LogP contribution in [0.15, 0.2) is 0 Å². The predicted molar refractivity (Wildman–Crippen MR) is 50.2 cm³/mol. The minimum absolute atomic E-state index is 0.108. The van der Waals surface area contributed by atoms with Crippen LogP contribution in [0.1, 0.15) is 13.8 Å². The van der Waals surface area contributed by atoms with Gasteiger partial charge < -0.3 is 10.2 Å². The van der Waals surface area contributed by atoms with Crippen LogP contribution in [0.25, 0.3) is 0 Å². The molecule has 0 aromatic heterocycles. The molecule has 0 bridgehead atoms. The lowest BCUT2D eigenvalue weighted by Gasteiger charge is -2.38. The number of fused-ring (bicyclic) bond motifs is 1. The summed E-state index contributed by atoms with van der Waals surface area (Å²) in [6, 6.07) is 0.450. The Kier molecular flexibility index (Phi) is 2.26. The predicted octanol–water partition coefficient (Wildman–Crippen LogP) is -0.532. The first kappa shape index (κ1) is 8.97. The minimum Gasteiger partial charge on any atom is -0.338 e. The summed E-state index contributed by atoms with van der Waals surface area (Å²) in [5.41, 5.74) is 0. The van der Waals surface area contributed by atoms with Gasteiger partial charge in [-0.25, -0.2) is 0 Å². The van der Waals surface area contributed by atoms with Gasteiger partial charge in [-0.05, 0) is 13.8 Å². The van der Waals surface area contributed by atoms with Crippen LogP contribution in [0.5, 0.6) is 0 Å². The number of hydrogen-bond donors (Lipinski definition) is 1. The number of nitrogens with zero attached hydrogens (tertiary/aromatic N) is 2. The Labute approximate surface area is 78.9 Å². The highest BCUT2D eigenvalue weighted by Gasteiger charge is 2.38. The third-order valence-electron chi connectivity index (χ3n) is 2.91. The van der Waals surface area contributed by atoms with Crippen LogP contribution in [0.3, 0.4) is 0 Å². The highest BCUT2D eigenvalue weighted by atomic mass is 16.2. The molecule has 0 radical (unpaired) electrons. The average molecular weight is 183 g/mol. The lowest BCUT2D eigenvalue weighted by molar-refractivity contribution is -0.141. The van der Waals surface area contributed by atoms with Gasteiger partial charge in [-0.1, -0.05) is 0 Å². The summed E-state index contributed by atoms with van der Waals surface area (Å²) >= 11 is 0. The molecular weight excluding hydrogens is 166 g/mol. The van der Waals surface area contributed by atoms with E-state index in [1.165, 1.54) is 0 Å². The summed E-state index contributed by atoms with van der Waals surface area (Å²) in [4.78, 5) is 16.1. The molecule has 0 spiro atoms. The van der Waals surface area contributed by atoms with Gasteiger partial charge in [0.2, 0.25) is 5.91 Å². The van der Waals surface area contributed by atoms with Crippen molar-refractivity contribution in [3.8, 4) is 0 Å². The van der Waals surface area contributed by atoms with E-state index in [0.29, 0.717) is 11.9 Å². The number of nitrogens with one attached hydrogen (secondary N) is 1. The number of carbonyl (C=O) groups excluding carboxylic acids is 1. The van der Waals surface area contributed by atoms with Crippen molar-refractivity contribution in [2.75, 3.05) is 26.3 Å². The normalized spacial score (nSPS) is 29.9. The molecule has 2 saturated heterocycles. The van der Waals surface area contributed by atoms with E-state index in [1.54, 1.807) is 0 Å². The summed E-state index contributed by atoms with van der Waals surface area (Å²) in [7, 11) is 0. The molecule has 2 aliphatic rings. The van der Waals surface area contributed by atoms with Crippen molar-refractivity contribution in [1.29, 1.82) is 0 Å². The van der Waals surface area contributed by atoms with Gasteiger partial charge in [0.15, 0.2) is 0 Å². The smallest absolute Gasteiger partial charge is 0.241 e. The van der Waals surface area contributed by atoms with Gasteiger partial charge in [0.1, 0.15) is 6.04 Å². The molecule has 0 saturated carbocycles. The Balaban J connectivity index is 2.09. The summed E-state index contributed by atoms with van der Waals surface area (Å²) in [6.07, 6.45) is 0. The first-order valence-corrected chi connectivity index (χ1v) is 4.95. The Hall–Kier alpha value is -0.610. The van der Waals surface area contributed by atoms with E-state index in [4.69, 9.17) is 0 Å². The second-order valence-corrected chi connectivity index (χ2v) is 4.07. The lowest BCUT2D eigenvalue weighted by atomic mass is 10.1. The molecule has 1 atom stereocenters. The van der Waals surface area contributed by atoms with E-state index in [0.717, 1.165) is 26.3 Å². The highest BCUT2D eigenvalue weighted by molar-refractivity contribution is 5.83. The molecule has 74 valence electrons. The molecule has 1 N–H and O–H groups in total. The number of rotatable bonds is 1. The van der Waals surface area contributed by atoms with Crippen LogP contribution < -0.4 is 5.32 Å². The maximum Gasteiger partial charge on any atom is 0.241 e. The summed E-state index contributed by atoms with van der Waals surface area (Å²) in [6.45, 7) is 7.76. The standard InChI is InChI=1S/C9H17N3O/c1-7(2)12-4-3-11-6-10-5-8(11)9(12)13/h7-8,10H,3-6H2,1-2H3. The molecule has 0 aromatic rings. The molecule has 1 unspecified atom stereocenters. The molecule has 2 heterocycles. The second kappa shape index (κ2) is 3.27. The van der Waals surface area contributed by atoms with Crippen molar-refractivity contribution in [1.82, 2.24) is 15.1 Å². The van der Waals surface area contributed by atoms with Gasteiger partial charge in [0.05, 0.1) is 0 Å². The van der Waals surface area contributed by atoms with Gasteiger partial charge in [-0.2, -0.15) is 0 Å². The van der Waals surface area contributed by atoms with Crippen molar-refractivity contribution in [3.05, 3.63) is 0 Å². The maximum atomic E-state index is 11.9. The van der Waals surface area contributed by atoms with E-state index in [1.807, 2.05) is 4.90 Å². The number of carbonyl (C=O) groups is 1. The monoisotopic (exact) mass is 183 g/mol. The zero-order valence-corrected chi connectivity index (χ0v) is 8.29.